The SMILES string of the molecule is CC(C)=CCN(c1ccc(NCc2ccccc2)cc1)C1CCN(Cc2ccc(Br)cc2)CC1. The maximum absolute atomic E-state index is 3.55. The topological polar surface area (TPSA) is 18.5 Å². The molecule has 3 aromatic rings. The first kappa shape index (κ1) is 24.6. The Morgan fingerprint density at radius 2 is 1.59 bits per heavy atom. The second-order valence-electron chi connectivity index (χ2n) is 9.45. The summed E-state index contributed by atoms with van der Waals surface area (Å²) < 4.78 is 1.14. The first-order valence-electron chi connectivity index (χ1n) is 12.3. The number of allylic oxidation sites excluding steroid dienone is 1. The lowest BCUT2D eigenvalue weighted by atomic mass is 10.0. The van der Waals surface area contributed by atoms with Gasteiger partial charge in [-0.25, -0.2) is 0 Å². The third-order valence-corrected chi connectivity index (χ3v) is 7.08. The molecule has 0 bridgehead atoms. The van der Waals surface area contributed by atoms with Crippen molar-refractivity contribution in [1.29, 1.82) is 0 Å². The van der Waals surface area contributed by atoms with E-state index in [2.05, 4.69) is 130 Å². The van der Waals surface area contributed by atoms with Gasteiger partial charge in [-0.2, -0.15) is 0 Å². The zero-order valence-corrected chi connectivity index (χ0v) is 22.0. The summed E-state index contributed by atoms with van der Waals surface area (Å²) in [5.41, 5.74) is 6.54. The number of rotatable bonds is 9. The van der Waals surface area contributed by atoms with Crippen molar-refractivity contribution < 1.29 is 0 Å². The van der Waals surface area contributed by atoms with Gasteiger partial charge in [-0.1, -0.05) is 70.0 Å². The zero-order chi connectivity index (χ0) is 23.8. The molecule has 3 aromatic carbocycles. The molecule has 1 N–H and O–H groups in total. The van der Waals surface area contributed by atoms with Crippen LogP contribution in [0.1, 0.15) is 37.8 Å². The zero-order valence-electron chi connectivity index (χ0n) is 20.4. The minimum atomic E-state index is 0.569. The van der Waals surface area contributed by atoms with Crippen LogP contribution in [0.5, 0.6) is 0 Å². The number of likely N-dealkylation sites (tertiary alicyclic amines) is 1. The average Bonchev–Trinajstić information content (AvgIpc) is 2.86. The van der Waals surface area contributed by atoms with Gasteiger partial charge < -0.3 is 10.2 Å². The van der Waals surface area contributed by atoms with E-state index in [0.717, 1.165) is 37.2 Å². The first-order valence-corrected chi connectivity index (χ1v) is 13.1. The summed E-state index contributed by atoms with van der Waals surface area (Å²) in [5.74, 6) is 0. The summed E-state index contributed by atoms with van der Waals surface area (Å²) in [6.07, 6.45) is 4.75. The van der Waals surface area contributed by atoms with Crippen LogP contribution >= 0.6 is 15.9 Å². The van der Waals surface area contributed by atoms with E-state index in [9.17, 15) is 0 Å². The standard InChI is InChI=1S/C30H36BrN3/c1-24(2)16-21-34(29-14-12-28(13-15-29)32-22-25-6-4-3-5-7-25)30-17-19-33(20-18-30)23-26-8-10-27(31)11-9-26/h3-16,30,32H,17-23H2,1-2H3. The van der Waals surface area contributed by atoms with Gasteiger partial charge in [0.1, 0.15) is 0 Å². The van der Waals surface area contributed by atoms with Crippen molar-refractivity contribution in [3.05, 3.63) is 106 Å². The lowest BCUT2D eigenvalue weighted by molar-refractivity contribution is 0.202. The number of nitrogens with zero attached hydrogens (tertiary/aromatic N) is 2. The molecule has 1 fully saturated rings. The van der Waals surface area contributed by atoms with E-state index in [4.69, 9.17) is 0 Å². The lowest BCUT2D eigenvalue weighted by Gasteiger charge is -2.39. The van der Waals surface area contributed by atoms with Gasteiger partial charge in [-0.3, -0.25) is 4.90 Å². The van der Waals surface area contributed by atoms with E-state index in [-0.39, 0.29) is 0 Å². The number of hydrogen-bond acceptors (Lipinski definition) is 3. The van der Waals surface area contributed by atoms with Crippen molar-refractivity contribution in [3.8, 4) is 0 Å². The maximum Gasteiger partial charge on any atom is 0.0400 e. The van der Waals surface area contributed by atoms with E-state index in [1.54, 1.807) is 0 Å². The number of nitrogens with one attached hydrogen (secondary N) is 1. The quantitative estimate of drug-likeness (QED) is 0.296. The molecule has 0 spiro atoms. The third kappa shape index (κ3) is 7.22. The Morgan fingerprint density at radius 3 is 2.24 bits per heavy atom. The van der Waals surface area contributed by atoms with Gasteiger partial charge in [-0.05, 0) is 74.2 Å². The molecule has 0 unspecified atom stereocenters. The Hall–Kier alpha value is -2.56. The molecular formula is C30H36BrN3. The molecule has 1 aliphatic heterocycles. The fraction of sp³-hybridized carbons (Fsp3) is 0.333. The fourth-order valence-corrected chi connectivity index (χ4v) is 4.82. The number of hydrogen-bond donors (Lipinski definition) is 1. The Labute approximate surface area is 213 Å². The number of halogens is 1. The molecule has 0 radical (unpaired) electrons. The second-order valence-corrected chi connectivity index (χ2v) is 10.4. The van der Waals surface area contributed by atoms with E-state index < -0.39 is 0 Å². The molecule has 4 heteroatoms. The molecule has 0 aliphatic carbocycles. The molecule has 1 aliphatic rings. The largest absolute Gasteiger partial charge is 0.381 e. The molecule has 178 valence electrons. The molecule has 0 atom stereocenters. The summed E-state index contributed by atoms with van der Waals surface area (Å²) in [7, 11) is 0. The van der Waals surface area contributed by atoms with Crippen molar-refractivity contribution in [1.82, 2.24) is 4.90 Å². The van der Waals surface area contributed by atoms with Gasteiger partial charge in [0.15, 0.2) is 0 Å². The smallest absolute Gasteiger partial charge is 0.0400 e. The van der Waals surface area contributed by atoms with Crippen LogP contribution in [-0.4, -0.2) is 30.6 Å². The Bertz CT molecular complexity index is 1030. The van der Waals surface area contributed by atoms with E-state index in [1.807, 2.05) is 0 Å². The van der Waals surface area contributed by atoms with Crippen molar-refractivity contribution in [2.45, 2.75) is 45.8 Å². The second kappa shape index (κ2) is 12.2. The van der Waals surface area contributed by atoms with Crippen molar-refractivity contribution in [2.24, 2.45) is 0 Å². The molecule has 0 aromatic heterocycles. The maximum atomic E-state index is 3.55. The molecule has 34 heavy (non-hydrogen) atoms. The van der Waals surface area contributed by atoms with Crippen LogP contribution in [0.25, 0.3) is 0 Å². The van der Waals surface area contributed by atoms with Gasteiger partial charge >= 0.3 is 0 Å². The molecule has 0 amide bonds. The number of piperidine rings is 1. The van der Waals surface area contributed by atoms with Crippen LogP contribution in [0.3, 0.4) is 0 Å². The molecule has 1 saturated heterocycles. The third-order valence-electron chi connectivity index (χ3n) is 6.55. The van der Waals surface area contributed by atoms with Gasteiger partial charge in [0.25, 0.3) is 0 Å². The van der Waals surface area contributed by atoms with E-state index >= 15 is 0 Å². The van der Waals surface area contributed by atoms with Crippen LogP contribution in [0.4, 0.5) is 11.4 Å². The summed E-state index contributed by atoms with van der Waals surface area (Å²) in [6.45, 7) is 9.52. The molecule has 0 saturated carbocycles. The van der Waals surface area contributed by atoms with Gasteiger partial charge in [-0.15, -0.1) is 0 Å². The van der Waals surface area contributed by atoms with E-state index in [1.165, 1.54) is 40.9 Å². The molecule has 3 nitrogen and oxygen atoms in total. The molecule has 1 heterocycles. The predicted molar refractivity (Wildman–Crippen MR) is 149 cm³/mol. The number of benzene rings is 3. The Morgan fingerprint density at radius 1 is 0.912 bits per heavy atom. The Balaban J connectivity index is 1.37. The minimum Gasteiger partial charge on any atom is -0.381 e. The highest BCUT2D eigenvalue weighted by molar-refractivity contribution is 9.10. The summed E-state index contributed by atoms with van der Waals surface area (Å²) in [4.78, 5) is 5.19. The van der Waals surface area contributed by atoms with Crippen LogP contribution in [0.2, 0.25) is 0 Å². The predicted octanol–water partition coefficient (Wildman–Crippen LogP) is 7.50. The highest BCUT2D eigenvalue weighted by atomic mass is 79.9. The van der Waals surface area contributed by atoms with Gasteiger partial charge in [0.05, 0.1) is 0 Å². The summed E-state index contributed by atoms with van der Waals surface area (Å²) >= 11 is 3.54. The average molecular weight is 519 g/mol. The summed E-state index contributed by atoms with van der Waals surface area (Å²) in [6, 6.07) is 28.9. The minimum absolute atomic E-state index is 0.569. The van der Waals surface area contributed by atoms with Crippen molar-refractivity contribution >= 4 is 27.3 Å². The van der Waals surface area contributed by atoms with Crippen molar-refractivity contribution in [3.63, 3.8) is 0 Å². The summed E-state index contributed by atoms with van der Waals surface area (Å²) in [5, 5.41) is 3.55. The fourth-order valence-electron chi connectivity index (χ4n) is 4.55. The van der Waals surface area contributed by atoms with Crippen LogP contribution < -0.4 is 10.2 Å². The molecular weight excluding hydrogens is 482 g/mol. The highest BCUT2D eigenvalue weighted by Crippen LogP contribution is 2.26. The van der Waals surface area contributed by atoms with Gasteiger partial charge in [0, 0.05) is 54.6 Å². The van der Waals surface area contributed by atoms with Crippen LogP contribution in [0.15, 0.2) is 95.0 Å². The van der Waals surface area contributed by atoms with Crippen LogP contribution in [-0.2, 0) is 13.1 Å². The van der Waals surface area contributed by atoms with Gasteiger partial charge in [0.2, 0.25) is 0 Å². The lowest BCUT2D eigenvalue weighted by Crippen LogP contribution is -2.45. The monoisotopic (exact) mass is 517 g/mol. The van der Waals surface area contributed by atoms with E-state index in [0.29, 0.717) is 6.04 Å². The number of anilines is 2. The first-order chi connectivity index (χ1) is 16.6. The molecule has 4 rings (SSSR count). The normalized spacial score (nSPS) is 14.6. The highest BCUT2D eigenvalue weighted by Gasteiger charge is 2.24. The van der Waals surface area contributed by atoms with Crippen molar-refractivity contribution in [2.75, 3.05) is 29.9 Å². The Kier molecular flexibility index (Phi) is 8.84. The van der Waals surface area contributed by atoms with Crippen LogP contribution in [0, 0.1) is 0 Å².